The SMILES string of the molecule is Clc1cc(NC2CCC(NC3CCC3)CC2)nc(-c2c[nH]c3ncccc23)c1. The van der Waals surface area contributed by atoms with E-state index < -0.39 is 0 Å². The predicted octanol–water partition coefficient (Wildman–Crippen LogP) is 5.14. The lowest BCUT2D eigenvalue weighted by Crippen LogP contribution is -2.45. The number of fused-ring (bicyclic) bond motifs is 1. The van der Waals surface area contributed by atoms with E-state index >= 15 is 0 Å². The minimum Gasteiger partial charge on any atom is -0.367 e. The number of aromatic nitrogens is 3. The number of nitrogens with zero attached hydrogens (tertiary/aromatic N) is 2. The third kappa shape index (κ3) is 3.74. The summed E-state index contributed by atoms with van der Waals surface area (Å²) >= 11 is 6.42. The average Bonchev–Trinajstić information content (AvgIpc) is 3.10. The largest absolute Gasteiger partial charge is 0.367 e. The van der Waals surface area contributed by atoms with Gasteiger partial charge in [-0.1, -0.05) is 18.0 Å². The van der Waals surface area contributed by atoms with Crippen molar-refractivity contribution in [3.05, 3.63) is 41.7 Å². The van der Waals surface area contributed by atoms with Gasteiger partial charge in [-0.15, -0.1) is 0 Å². The van der Waals surface area contributed by atoms with Gasteiger partial charge in [0, 0.05) is 46.5 Å². The van der Waals surface area contributed by atoms with Crippen LogP contribution in [-0.4, -0.2) is 33.1 Å². The van der Waals surface area contributed by atoms with Crippen molar-refractivity contribution < 1.29 is 0 Å². The molecule has 0 aliphatic heterocycles. The van der Waals surface area contributed by atoms with Crippen molar-refractivity contribution >= 4 is 28.5 Å². The van der Waals surface area contributed by atoms with Gasteiger partial charge in [0.25, 0.3) is 0 Å². The Balaban J connectivity index is 1.28. The van der Waals surface area contributed by atoms with Crippen molar-refractivity contribution in [3.63, 3.8) is 0 Å². The Morgan fingerprint density at radius 1 is 1.00 bits per heavy atom. The lowest BCUT2D eigenvalue weighted by atomic mass is 9.87. The molecule has 5 rings (SSSR count). The molecule has 0 aromatic carbocycles. The molecule has 0 amide bonds. The van der Waals surface area contributed by atoms with E-state index in [0.29, 0.717) is 17.1 Å². The summed E-state index contributed by atoms with van der Waals surface area (Å²) in [7, 11) is 0. The van der Waals surface area contributed by atoms with Gasteiger partial charge in [0.1, 0.15) is 11.5 Å². The Morgan fingerprint density at radius 3 is 2.57 bits per heavy atom. The van der Waals surface area contributed by atoms with Crippen molar-refractivity contribution in [2.45, 2.75) is 63.1 Å². The first-order valence-corrected chi connectivity index (χ1v) is 10.7. The highest BCUT2D eigenvalue weighted by Crippen LogP contribution is 2.31. The number of hydrogen-bond donors (Lipinski definition) is 3. The van der Waals surface area contributed by atoms with Crippen LogP contribution in [0.15, 0.2) is 36.7 Å². The van der Waals surface area contributed by atoms with E-state index in [-0.39, 0.29) is 0 Å². The number of anilines is 1. The molecule has 0 spiro atoms. The maximum atomic E-state index is 6.42. The molecule has 2 aliphatic rings. The first-order valence-electron chi connectivity index (χ1n) is 10.4. The van der Waals surface area contributed by atoms with Gasteiger partial charge in [0.15, 0.2) is 0 Å². The van der Waals surface area contributed by atoms with E-state index in [0.717, 1.165) is 34.2 Å². The molecule has 3 aromatic rings. The zero-order chi connectivity index (χ0) is 18.9. The highest BCUT2D eigenvalue weighted by molar-refractivity contribution is 6.31. The Morgan fingerprint density at radius 2 is 1.79 bits per heavy atom. The van der Waals surface area contributed by atoms with Gasteiger partial charge in [-0.05, 0) is 62.8 Å². The van der Waals surface area contributed by atoms with Gasteiger partial charge in [0.2, 0.25) is 0 Å². The maximum Gasteiger partial charge on any atom is 0.137 e. The van der Waals surface area contributed by atoms with E-state index in [4.69, 9.17) is 16.6 Å². The molecule has 0 bridgehead atoms. The molecule has 2 aliphatic carbocycles. The van der Waals surface area contributed by atoms with Gasteiger partial charge >= 0.3 is 0 Å². The monoisotopic (exact) mass is 395 g/mol. The first kappa shape index (κ1) is 18.0. The molecule has 3 N–H and O–H groups in total. The standard InChI is InChI=1S/C22H26ClN5/c23-14-11-20(19-13-25-22-18(19)5-2-10-24-22)28-21(12-14)27-17-8-6-16(7-9-17)26-15-3-1-4-15/h2,5,10-13,15-17,26H,1,3-4,6-9H2,(H,24,25)(H,27,28). The Bertz CT molecular complexity index is 956. The highest BCUT2D eigenvalue weighted by atomic mass is 35.5. The molecule has 0 radical (unpaired) electrons. The fourth-order valence-electron chi connectivity index (χ4n) is 4.40. The van der Waals surface area contributed by atoms with Gasteiger partial charge in [-0.25, -0.2) is 9.97 Å². The van der Waals surface area contributed by atoms with Crippen LogP contribution in [0.25, 0.3) is 22.3 Å². The fourth-order valence-corrected chi connectivity index (χ4v) is 4.61. The minimum atomic E-state index is 0.461. The number of aromatic amines is 1. The predicted molar refractivity (Wildman–Crippen MR) is 115 cm³/mol. The second-order valence-corrected chi connectivity index (χ2v) is 8.58. The number of rotatable bonds is 5. The zero-order valence-electron chi connectivity index (χ0n) is 15.9. The minimum absolute atomic E-state index is 0.461. The smallest absolute Gasteiger partial charge is 0.137 e. The highest BCUT2D eigenvalue weighted by Gasteiger charge is 2.26. The molecule has 3 heterocycles. The molecule has 0 atom stereocenters. The topological polar surface area (TPSA) is 65.6 Å². The molecule has 3 aromatic heterocycles. The summed E-state index contributed by atoms with van der Waals surface area (Å²) in [6.07, 6.45) is 12.7. The molecule has 2 fully saturated rings. The van der Waals surface area contributed by atoms with Crippen LogP contribution in [0.1, 0.15) is 44.9 Å². The van der Waals surface area contributed by atoms with Crippen LogP contribution in [0.4, 0.5) is 5.82 Å². The van der Waals surface area contributed by atoms with Crippen LogP contribution in [0, 0.1) is 0 Å². The van der Waals surface area contributed by atoms with Crippen molar-refractivity contribution in [1.29, 1.82) is 0 Å². The molecule has 0 saturated heterocycles. The van der Waals surface area contributed by atoms with Crippen LogP contribution in [0.2, 0.25) is 5.02 Å². The van der Waals surface area contributed by atoms with Crippen molar-refractivity contribution in [2.75, 3.05) is 5.32 Å². The third-order valence-corrected chi connectivity index (χ3v) is 6.39. The van der Waals surface area contributed by atoms with Gasteiger partial charge in [-0.3, -0.25) is 0 Å². The van der Waals surface area contributed by atoms with Crippen LogP contribution in [0.3, 0.4) is 0 Å². The van der Waals surface area contributed by atoms with E-state index in [2.05, 4.69) is 26.7 Å². The summed E-state index contributed by atoms with van der Waals surface area (Å²) in [6.45, 7) is 0. The fraction of sp³-hybridized carbons (Fsp3) is 0.455. The second-order valence-electron chi connectivity index (χ2n) is 8.15. The zero-order valence-corrected chi connectivity index (χ0v) is 16.7. The van der Waals surface area contributed by atoms with Gasteiger partial charge in [-0.2, -0.15) is 0 Å². The first-order chi connectivity index (χ1) is 13.7. The Kier molecular flexibility index (Phi) is 4.95. The average molecular weight is 396 g/mol. The van der Waals surface area contributed by atoms with E-state index in [1.54, 1.807) is 6.20 Å². The van der Waals surface area contributed by atoms with Crippen molar-refractivity contribution in [3.8, 4) is 11.3 Å². The third-order valence-electron chi connectivity index (χ3n) is 6.17. The summed E-state index contributed by atoms with van der Waals surface area (Å²) in [5, 5.41) is 9.21. The molecule has 28 heavy (non-hydrogen) atoms. The Labute approximate surface area is 170 Å². The number of hydrogen-bond acceptors (Lipinski definition) is 4. The normalized spacial score (nSPS) is 22.9. The van der Waals surface area contributed by atoms with E-state index in [1.165, 1.54) is 44.9 Å². The molecule has 5 nitrogen and oxygen atoms in total. The lowest BCUT2D eigenvalue weighted by Gasteiger charge is -2.36. The van der Waals surface area contributed by atoms with E-state index in [1.807, 2.05) is 24.4 Å². The maximum absolute atomic E-state index is 6.42. The van der Waals surface area contributed by atoms with Crippen LogP contribution < -0.4 is 10.6 Å². The van der Waals surface area contributed by atoms with Gasteiger partial charge < -0.3 is 15.6 Å². The Hall–Kier alpha value is -2.11. The van der Waals surface area contributed by atoms with Crippen molar-refractivity contribution in [1.82, 2.24) is 20.3 Å². The van der Waals surface area contributed by atoms with Crippen LogP contribution in [-0.2, 0) is 0 Å². The number of pyridine rings is 2. The number of nitrogens with one attached hydrogen (secondary N) is 3. The van der Waals surface area contributed by atoms with Crippen LogP contribution >= 0.6 is 11.6 Å². The van der Waals surface area contributed by atoms with E-state index in [9.17, 15) is 0 Å². The lowest BCUT2D eigenvalue weighted by molar-refractivity contribution is 0.260. The summed E-state index contributed by atoms with van der Waals surface area (Å²) < 4.78 is 0. The second kappa shape index (κ2) is 7.72. The summed E-state index contributed by atoms with van der Waals surface area (Å²) in [5.74, 6) is 0.858. The van der Waals surface area contributed by atoms with Gasteiger partial charge in [0.05, 0.1) is 5.69 Å². The molecule has 0 unspecified atom stereocenters. The summed E-state index contributed by atoms with van der Waals surface area (Å²) in [4.78, 5) is 12.4. The summed E-state index contributed by atoms with van der Waals surface area (Å²) in [5.41, 5.74) is 2.77. The number of H-pyrrole nitrogens is 1. The van der Waals surface area contributed by atoms with Crippen molar-refractivity contribution in [2.24, 2.45) is 0 Å². The number of halogens is 1. The summed E-state index contributed by atoms with van der Waals surface area (Å²) in [6, 6.07) is 9.77. The molecular weight excluding hydrogens is 370 g/mol. The molecule has 6 heteroatoms. The molecule has 146 valence electrons. The quantitative estimate of drug-likeness (QED) is 0.559. The molecular formula is C22H26ClN5. The van der Waals surface area contributed by atoms with Crippen LogP contribution in [0.5, 0.6) is 0 Å². The molecule has 2 saturated carbocycles.